The van der Waals surface area contributed by atoms with Gasteiger partial charge in [-0.25, -0.2) is 0 Å². The minimum absolute atomic E-state index is 0.231. The molecule has 20 heavy (non-hydrogen) atoms. The van der Waals surface area contributed by atoms with Gasteiger partial charge < -0.3 is 4.43 Å². The lowest BCUT2D eigenvalue weighted by atomic mass is 9.75. The predicted molar refractivity (Wildman–Crippen MR) is 86.6 cm³/mol. The molecule has 0 N–H and O–H groups in total. The third kappa shape index (κ3) is 2.23. The summed E-state index contributed by atoms with van der Waals surface area (Å²) in [5.41, 5.74) is 2.40. The molecule has 0 saturated heterocycles. The Kier molecular flexibility index (Phi) is 4.04. The van der Waals surface area contributed by atoms with Crippen molar-refractivity contribution in [2.75, 3.05) is 0 Å². The van der Waals surface area contributed by atoms with Crippen molar-refractivity contribution in [1.82, 2.24) is 0 Å². The quantitative estimate of drug-likeness (QED) is 0.781. The highest BCUT2D eigenvalue weighted by molar-refractivity contribution is 5.98. The van der Waals surface area contributed by atoms with Gasteiger partial charge in [-0.1, -0.05) is 73.5 Å². The van der Waals surface area contributed by atoms with Gasteiger partial charge in [-0.3, -0.25) is 0 Å². The Morgan fingerprint density at radius 3 is 1.65 bits per heavy atom. The highest BCUT2D eigenvalue weighted by atomic mass is 28.2. The maximum atomic E-state index is 6.33. The lowest BCUT2D eigenvalue weighted by Gasteiger charge is -2.40. The Bertz CT molecular complexity index is 492. The van der Waals surface area contributed by atoms with E-state index in [0.29, 0.717) is 5.92 Å². The van der Waals surface area contributed by atoms with Crippen molar-refractivity contribution in [2.45, 2.75) is 31.3 Å². The molecule has 3 rings (SSSR count). The van der Waals surface area contributed by atoms with Gasteiger partial charge in [0.25, 0.3) is 0 Å². The number of benzene rings is 2. The summed E-state index contributed by atoms with van der Waals surface area (Å²) in [5.74, 6) is 0.602. The van der Waals surface area contributed by atoms with E-state index in [-0.39, 0.29) is 5.60 Å². The summed E-state index contributed by atoms with van der Waals surface area (Å²) in [6.45, 7) is 0. The van der Waals surface area contributed by atoms with Crippen LogP contribution in [0.15, 0.2) is 60.7 Å². The summed E-state index contributed by atoms with van der Waals surface area (Å²) < 4.78 is 6.33. The van der Waals surface area contributed by atoms with Gasteiger partial charge in [-0.15, -0.1) is 0 Å². The Balaban J connectivity index is 2.15. The normalized spacial score (nSPS) is 16.6. The van der Waals surface area contributed by atoms with Crippen LogP contribution in [0.3, 0.4) is 0 Å². The standard InChI is InChI=1S/C18H22OSi/c20-19-18(17-13-7-8-14-17,15-9-3-1-4-10-15)16-11-5-2-6-12-16/h1-6,9-12,17H,7-8,13-14H2,20H3. The largest absolute Gasteiger partial charge is 0.414 e. The fraction of sp³-hybridized carbons (Fsp3) is 0.333. The van der Waals surface area contributed by atoms with Crippen LogP contribution in [-0.4, -0.2) is 10.5 Å². The van der Waals surface area contributed by atoms with Gasteiger partial charge >= 0.3 is 0 Å². The van der Waals surface area contributed by atoms with Crippen LogP contribution in [0.4, 0.5) is 0 Å². The second-order valence-electron chi connectivity index (χ2n) is 5.65. The first kappa shape index (κ1) is 13.6. The molecule has 0 bridgehead atoms. The Morgan fingerprint density at radius 1 is 0.800 bits per heavy atom. The topological polar surface area (TPSA) is 9.23 Å². The number of rotatable bonds is 4. The average molecular weight is 282 g/mol. The zero-order chi connectivity index (χ0) is 13.8. The van der Waals surface area contributed by atoms with Gasteiger partial charge in [0.05, 0.1) is 0 Å². The van der Waals surface area contributed by atoms with E-state index in [2.05, 4.69) is 60.7 Å². The summed E-state index contributed by atoms with van der Waals surface area (Å²) >= 11 is 0. The monoisotopic (exact) mass is 282 g/mol. The van der Waals surface area contributed by atoms with E-state index in [1.54, 1.807) is 0 Å². The third-order valence-corrected chi connectivity index (χ3v) is 5.30. The Morgan fingerprint density at radius 2 is 1.25 bits per heavy atom. The molecule has 0 heterocycles. The van der Waals surface area contributed by atoms with Crippen LogP contribution in [0.2, 0.25) is 0 Å². The SMILES string of the molecule is [SiH3]OC(c1ccccc1)(c1ccccc1)C1CCCC1. The number of hydrogen-bond acceptors (Lipinski definition) is 1. The second-order valence-corrected chi connectivity index (χ2v) is 6.06. The van der Waals surface area contributed by atoms with Gasteiger partial charge in [-0.05, 0) is 29.9 Å². The fourth-order valence-corrected chi connectivity index (χ4v) is 4.55. The molecule has 1 aliphatic carbocycles. The molecule has 1 fully saturated rings. The number of hydrogen-bond donors (Lipinski definition) is 0. The second kappa shape index (κ2) is 5.94. The molecule has 0 unspecified atom stereocenters. The molecule has 0 amide bonds. The predicted octanol–water partition coefficient (Wildman–Crippen LogP) is 3.42. The van der Waals surface area contributed by atoms with Crippen molar-refractivity contribution in [3.8, 4) is 0 Å². The highest BCUT2D eigenvalue weighted by Crippen LogP contribution is 2.47. The minimum Gasteiger partial charge on any atom is -0.414 e. The van der Waals surface area contributed by atoms with Crippen molar-refractivity contribution in [3.63, 3.8) is 0 Å². The molecule has 0 aliphatic heterocycles. The molecule has 0 spiro atoms. The van der Waals surface area contributed by atoms with Gasteiger partial charge in [-0.2, -0.15) is 0 Å². The van der Waals surface area contributed by atoms with Crippen LogP contribution in [0.1, 0.15) is 36.8 Å². The van der Waals surface area contributed by atoms with E-state index in [0.717, 1.165) is 10.5 Å². The summed E-state index contributed by atoms with van der Waals surface area (Å²) in [6, 6.07) is 21.6. The maximum absolute atomic E-state index is 6.33. The molecule has 0 aromatic heterocycles. The molecule has 2 aromatic carbocycles. The van der Waals surface area contributed by atoms with Crippen molar-refractivity contribution < 1.29 is 4.43 Å². The van der Waals surface area contributed by atoms with Crippen LogP contribution >= 0.6 is 0 Å². The smallest absolute Gasteiger partial charge is 0.147 e. The van der Waals surface area contributed by atoms with Crippen LogP contribution < -0.4 is 0 Å². The average Bonchev–Trinajstić information content (AvgIpc) is 3.06. The summed E-state index contributed by atoms with van der Waals surface area (Å²) in [5, 5.41) is 0. The third-order valence-electron chi connectivity index (χ3n) is 4.66. The first-order valence-electron chi connectivity index (χ1n) is 7.54. The Hall–Kier alpha value is -1.38. The molecule has 1 nitrogen and oxygen atoms in total. The lowest BCUT2D eigenvalue weighted by Crippen LogP contribution is -2.37. The van der Waals surface area contributed by atoms with Crippen molar-refractivity contribution in [1.29, 1.82) is 0 Å². The Labute approximate surface area is 124 Å². The minimum atomic E-state index is -0.231. The van der Waals surface area contributed by atoms with E-state index in [1.165, 1.54) is 36.8 Å². The van der Waals surface area contributed by atoms with Crippen LogP contribution in [-0.2, 0) is 10.0 Å². The lowest BCUT2D eigenvalue weighted by molar-refractivity contribution is 0.0559. The highest BCUT2D eigenvalue weighted by Gasteiger charge is 2.42. The van der Waals surface area contributed by atoms with E-state index in [4.69, 9.17) is 4.43 Å². The van der Waals surface area contributed by atoms with E-state index < -0.39 is 0 Å². The van der Waals surface area contributed by atoms with E-state index in [1.807, 2.05) is 0 Å². The van der Waals surface area contributed by atoms with Crippen LogP contribution in [0, 0.1) is 5.92 Å². The van der Waals surface area contributed by atoms with Gasteiger partial charge in [0.1, 0.15) is 16.1 Å². The first-order valence-corrected chi connectivity index (χ1v) is 8.36. The van der Waals surface area contributed by atoms with Crippen LogP contribution in [0.5, 0.6) is 0 Å². The molecule has 2 heteroatoms. The molecular formula is C18H22OSi. The summed E-state index contributed by atoms with van der Waals surface area (Å²) in [4.78, 5) is 0. The molecule has 2 aromatic rings. The zero-order valence-electron chi connectivity index (χ0n) is 12.1. The molecular weight excluding hydrogens is 260 g/mol. The molecule has 1 saturated carbocycles. The van der Waals surface area contributed by atoms with Gasteiger partial charge in [0.15, 0.2) is 0 Å². The van der Waals surface area contributed by atoms with Crippen LogP contribution in [0.25, 0.3) is 0 Å². The van der Waals surface area contributed by atoms with Crippen molar-refractivity contribution in [2.24, 2.45) is 5.92 Å². The molecule has 0 atom stereocenters. The molecule has 0 radical (unpaired) electrons. The van der Waals surface area contributed by atoms with E-state index >= 15 is 0 Å². The fourth-order valence-electron chi connectivity index (χ4n) is 3.74. The van der Waals surface area contributed by atoms with Gasteiger partial charge in [0.2, 0.25) is 0 Å². The summed E-state index contributed by atoms with van der Waals surface area (Å²) in [6.07, 6.45) is 5.20. The summed E-state index contributed by atoms with van der Waals surface area (Å²) in [7, 11) is 0.751. The molecule has 104 valence electrons. The first-order chi connectivity index (χ1) is 9.88. The van der Waals surface area contributed by atoms with Crippen molar-refractivity contribution >= 4 is 10.5 Å². The zero-order valence-corrected chi connectivity index (χ0v) is 14.1. The van der Waals surface area contributed by atoms with E-state index in [9.17, 15) is 0 Å². The van der Waals surface area contributed by atoms with Gasteiger partial charge in [0, 0.05) is 0 Å². The molecule has 1 aliphatic rings. The maximum Gasteiger partial charge on any atom is 0.147 e. The van der Waals surface area contributed by atoms with Crippen molar-refractivity contribution in [3.05, 3.63) is 71.8 Å².